The summed E-state index contributed by atoms with van der Waals surface area (Å²) in [5, 5.41) is 3.42. The second-order valence-electron chi connectivity index (χ2n) is 10.7. The maximum absolute atomic E-state index is 13.2. The van der Waals surface area contributed by atoms with Crippen LogP contribution in [0, 0.1) is 0 Å². The number of anilines is 1. The third-order valence-electron chi connectivity index (χ3n) is 7.76. The number of ketones is 1. The summed E-state index contributed by atoms with van der Waals surface area (Å²) in [6, 6.07) is 2.71. The highest BCUT2D eigenvalue weighted by molar-refractivity contribution is 7.15. The number of thiophene rings is 1. The van der Waals surface area contributed by atoms with Crippen molar-refractivity contribution < 1.29 is 14.3 Å². The van der Waals surface area contributed by atoms with Crippen LogP contribution in [0.25, 0.3) is 10.6 Å². The average molecular weight is 617 g/mol. The van der Waals surface area contributed by atoms with Crippen LogP contribution in [0.2, 0.25) is 5.02 Å². The van der Waals surface area contributed by atoms with E-state index in [1.165, 1.54) is 17.7 Å². The van der Waals surface area contributed by atoms with E-state index in [1.807, 2.05) is 18.4 Å². The number of rotatable bonds is 11. The van der Waals surface area contributed by atoms with Crippen molar-refractivity contribution in [2.24, 2.45) is 0 Å². The van der Waals surface area contributed by atoms with Crippen molar-refractivity contribution in [1.82, 2.24) is 24.8 Å². The predicted octanol–water partition coefficient (Wildman–Crippen LogP) is 5.19. The Bertz CT molecular complexity index is 1350. The summed E-state index contributed by atoms with van der Waals surface area (Å²) in [5.74, 6) is 0.509. The summed E-state index contributed by atoms with van der Waals surface area (Å²) in [6.45, 7) is 11.7. The van der Waals surface area contributed by atoms with Crippen LogP contribution >= 0.6 is 34.3 Å². The smallest absolute Gasteiger partial charge is 0.307 e. The molecule has 0 unspecified atom stereocenters. The number of thiazole rings is 1. The Hall–Kier alpha value is -2.44. The molecule has 3 aromatic rings. The van der Waals surface area contributed by atoms with Gasteiger partial charge >= 0.3 is 5.97 Å². The molecule has 0 aromatic carbocycles. The maximum atomic E-state index is 13.2. The molecule has 0 amide bonds. The minimum absolute atomic E-state index is 0.0912. The minimum atomic E-state index is -0.156. The molecule has 2 aliphatic heterocycles. The number of esters is 1. The lowest BCUT2D eigenvalue weighted by molar-refractivity contribution is -0.143. The van der Waals surface area contributed by atoms with Gasteiger partial charge in [0.2, 0.25) is 0 Å². The highest BCUT2D eigenvalue weighted by Crippen LogP contribution is 2.36. The van der Waals surface area contributed by atoms with E-state index >= 15 is 0 Å². The standard InChI is InChI=1S/C29H37ClN6O3S2/c1-4-39-28(38)7-9-34-10-11-36(20(3)16-34)26-15-31-22(14-32-26)23(37)13-27-33-29(24-12-21(30)18-40-24)25(41-27)17-35-8-5-6-19(35)2/h12,14-15,18-20H,4-11,13,16-17H2,1-3H3/t19-,20-/m1/s1. The largest absolute Gasteiger partial charge is 0.466 e. The number of carbonyl (C=O) groups excluding carboxylic acids is 2. The van der Waals surface area contributed by atoms with Gasteiger partial charge < -0.3 is 9.64 Å². The number of aromatic nitrogens is 3. The molecular weight excluding hydrogens is 580 g/mol. The molecule has 0 spiro atoms. The van der Waals surface area contributed by atoms with Gasteiger partial charge in [0.15, 0.2) is 5.78 Å². The van der Waals surface area contributed by atoms with Crippen molar-refractivity contribution >= 4 is 51.8 Å². The molecule has 2 fully saturated rings. The van der Waals surface area contributed by atoms with Crippen molar-refractivity contribution in [1.29, 1.82) is 0 Å². The fraction of sp³-hybridized carbons (Fsp3) is 0.552. The number of piperazine rings is 1. The number of nitrogens with zero attached hydrogens (tertiary/aromatic N) is 6. The highest BCUT2D eigenvalue weighted by atomic mass is 35.5. The first kappa shape index (κ1) is 30.0. The van der Waals surface area contributed by atoms with Crippen LogP contribution in [0.1, 0.15) is 60.4 Å². The van der Waals surface area contributed by atoms with E-state index < -0.39 is 0 Å². The van der Waals surface area contributed by atoms with Gasteiger partial charge in [0, 0.05) is 55.1 Å². The number of hydrogen-bond acceptors (Lipinski definition) is 11. The molecule has 41 heavy (non-hydrogen) atoms. The Morgan fingerprint density at radius 2 is 2.00 bits per heavy atom. The normalized spacial score (nSPS) is 20.0. The molecule has 0 aliphatic carbocycles. The molecule has 3 aromatic heterocycles. The van der Waals surface area contributed by atoms with Gasteiger partial charge in [-0.15, -0.1) is 22.7 Å². The Morgan fingerprint density at radius 3 is 2.66 bits per heavy atom. The van der Waals surface area contributed by atoms with Crippen LogP contribution in [-0.2, 0) is 22.5 Å². The topological polar surface area (TPSA) is 91.8 Å². The minimum Gasteiger partial charge on any atom is -0.466 e. The van der Waals surface area contributed by atoms with Crippen LogP contribution in [0.15, 0.2) is 23.8 Å². The first-order valence-corrected chi connectivity index (χ1v) is 16.3. The number of ether oxygens (including phenoxy) is 1. The van der Waals surface area contributed by atoms with Crippen LogP contribution in [0.5, 0.6) is 0 Å². The molecule has 5 heterocycles. The molecule has 2 aliphatic rings. The van der Waals surface area contributed by atoms with E-state index in [9.17, 15) is 9.59 Å². The lowest BCUT2D eigenvalue weighted by Gasteiger charge is -2.40. The van der Waals surface area contributed by atoms with E-state index in [-0.39, 0.29) is 24.2 Å². The number of halogens is 1. The van der Waals surface area contributed by atoms with Crippen LogP contribution in [-0.4, -0.2) is 87.9 Å². The van der Waals surface area contributed by atoms with E-state index in [0.29, 0.717) is 36.3 Å². The summed E-state index contributed by atoms with van der Waals surface area (Å²) in [7, 11) is 0. The fourth-order valence-corrected chi connectivity index (χ4v) is 7.79. The first-order chi connectivity index (χ1) is 19.8. The van der Waals surface area contributed by atoms with Crippen LogP contribution in [0.4, 0.5) is 5.82 Å². The van der Waals surface area contributed by atoms with Gasteiger partial charge in [-0.05, 0) is 46.2 Å². The predicted molar refractivity (Wildman–Crippen MR) is 164 cm³/mol. The summed E-state index contributed by atoms with van der Waals surface area (Å²) in [5.41, 5.74) is 1.28. The SMILES string of the molecule is CCOC(=O)CCN1CCN(c2cnc(C(=O)Cc3nc(-c4cc(Cl)cs4)c(CN4CCC[C@H]4C)s3)cn2)[C@H](C)C1. The third kappa shape index (κ3) is 7.50. The number of likely N-dealkylation sites (tertiary alicyclic amines) is 1. The zero-order valence-corrected chi connectivity index (χ0v) is 26.2. The van der Waals surface area contributed by atoms with Crippen molar-refractivity contribution in [3.05, 3.63) is 44.4 Å². The van der Waals surface area contributed by atoms with Gasteiger partial charge in [-0.1, -0.05) is 11.6 Å². The van der Waals surface area contributed by atoms with Crippen molar-refractivity contribution in [3.63, 3.8) is 0 Å². The second-order valence-corrected chi connectivity index (χ2v) is 13.2. The van der Waals surface area contributed by atoms with Crippen LogP contribution in [0.3, 0.4) is 0 Å². The Morgan fingerprint density at radius 1 is 1.15 bits per heavy atom. The quantitative estimate of drug-likeness (QED) is 0.213. The monoisotopic (exact) mass is 616 g/mol. The van der Waals surface area contributed by atoms with Gasteiger partial charge in [0.1, 0.15) is 16.5 Å². The van der Waals surface area contributed by atoms with E-state index in [1.54, 1.807) is 35.1 Å². The third-order valence-corrected chi connectivity index (χ3v) is 10.1. The second kappa shape index (κ2) is 13.7. The van der Waals surface area contributed by atoms with E-state index in [2.05, 4.69) is 38.5 Å². The van der Waals surface area contributed by atoms with Gasteiger partial charge in [0.25, 0.3) is 0 Å². The molecule has 12 heteroatoms. The molecule has 2 saturated heterocycles. The maximum Gasteiger partial charge on any atom is 0.307 e. The lowest BCUT2D eigenvalue weighted by Crippen LogP contribution is -2.52. The molecule has 0 N–H and O–H groups in total. The Kier molecular flexibility index (Phi) is 10.0. The molecule has 2 atom stereocenters. The molecular formula is C29H37ClN6O3S2. The average Bonchev–Trinajstić information content (AvgIpc) is 3.68. The molecule has 9 nitrogen and oxygen atoms in total. The molecule has 5 rings (SSSR count). The zero-order chi connectivity index (χ0) is 28.9. The summed E-state index contributed by atoms with van der Waals surface area (Å²) < 4.78 is 5.05. The zero-order valence-electron chi connectivity index (χ0n) is 23.8. The summed E-state index contributed by atoms with van der Waals surface area (Å²) >= 11 is 9.43. The van der Waals surface area contributed by atoms with Crippen molar-refractivity contribution in [3.8, 4) is 10.6 Å². The fourth-order valence-electron chi connectivity index (χ4n) is 5.53. The van der Waals surface area contributed by atoms with Gasteiger partial charge in [0.05, 0.1) is 47.4 Å². The number of Topliss-reactive ketones (excluding diaryl/α,β-unsaturated/α-hetero) is 1. The van der Waals surface area contributed by atoms with Gasteiger partial charge in [-0.25, -0.2) is 15.0 Å². The van der Waals surface area contributed by atoms with Gasteiger partial charge in [-0.3, -0.25) is 19.4 Å². The molecule has 0 saturated carbocycles. The van der Waals surface area contributed by atoms with E-state index in [4.69, 9.17) is 21.3 Å². The van der Waals surface area contributed by atoms with Crippen molar-refractivity contribution in [2.75, 3.05) is 44.2 Å². The molecule has 220 valence electrons. The number of hydrogen-bond donors (Lipinski definition) is 0. The lowest BCUT2D eigenvalue weighted by atomic mass is 10.2. The summed E-state index contributed by atoms with van der Waals surface area (Å²) in [4.78, 5) is 48.1. The van der Waals surface area contributed by atoms with Gasteiger partial charge in [-0.2, -0.15) is 0 Å². The Balaban J connectivity index is 1.22. The molecule has 0 bridgehead atoms. The number of carbonyl (C=O) groups is 2. The van der Waals surface area contributed by atoms with Crippen LogP contribution < -0.4 is 4.90 Å². The first-order valence-electron chi connectivity index (χ1n) is 14.3. The summed E-state index contributed by atoms with van der Waals surface area (Å²) in [6.07, 6.45) is 6.29. The molecule has 0 radical (unpaired) electrons. The van der Waals surface area contributed by atoms with E-state index in [0.717, 1.165) is 54.1 Å². The van der Waals surface area contributed by atoms with Crippen molar-refractivity contribution in [2.45, 2.75) is 65.1 Å². The Labute approximate surface area is 254 Å². The highest BCUT2D eigenvalue weighted by Gasteiger charge is 2.27.